The van der Waals surface area contributed by atoms with E-state index in [1.54, 1.807) is 25.5 Å². The van der Waals surface area contributed by atoms with Crippen molar-refractivity contribution in [3.8, 4) is 11.1 Å². The van der Waals surface area contributed by atoms with Gasteiger partial charge in [-0.2, -0.15) is 0 Å². The third kappa shape index (κ3) is 3.09. The number of hydrogen-bond donors (Lipinski definition) is 2. The summed E-state index contributed by atoms with van der Waals surface area (Å²) in [6, 6.07) is 7.23. The van der Waals surface area contributed by atoms with E-state index in [0.717, 1.165) is 16.7 Å². The van der Waals surface area contributed by atoms with Crippen molar-refractivity contribution < 1.29 is 4.79 Å². The lowest BCUT2D eigenvalue weighted by Gasteiger charge is -2.39. The van der Waals surface area contributed by atoms with Crippen molar-refractivity contribution in [1.82, 2.24) is 15.2 Å². The van der Waals surface area contributed by atoms with E-state index < -0.39 is 5.54 Å². The molecule has 1 aliphatic rings. The molecule has 0 radical (unpaired) electrons. The van der Waals surface area contributed by atoms with Crippen LogP contribution in [0, 0.1) is 5.41 Å². The smallest absolute Gasteiger partial charge is 0.231 e. The van der Waals surface area contributed by atoms with Crippen LogP contribution in [0.3, 0.4) is 0 Å². The van der Waals surface area contributed by atoms with Gasteiger partial charge in [0.1, 0.15) is 0 Å². The Morgan fingerprint density at radius 3 is 2.46 bits per heavy atom. The van der Waals surface area contributed by atoms with Crippen molar-refractivity contribution in [3.05, 3.63) is 52.3 Å². The largest absolute Gasteiger partial charge is 0.346 e. The lowest BCUT2D eigenvalue weighted by atomic mass is 9.86. The highest BCUT2D eigenvalue weighted by Gasteiger charge is 2.38. The molecule has 0 bridgehead atoms. The molecule has 1 aromatic heterocycles. The number of amides is 1. The summed E-state index contributed by atoms with van der Waals surface area (Å²) in [4.78, 5) is 17.7. The molecule has 3 rings (SSSR count). The van der Waals surface area contributed by atoms with Gasteiger partial charge in [-0.1, -0.05) is 23.2 Å². The van der Waals surface area contributed by atoms with Crippen LogP contribution in [0.5, 0.6) is 0 Å². The SMILES string of the molecule is CN1C(=N)N[C@](C)(c2cncc(-c3cc(Cl)cc(Cl)c3)c2)CC1=O. The second-order valence-corrected chi connectivity index (χ2v) is 6.93. The molecular weight excluding hydrogens is 347 g/mol. The summed E-state index contributed by atoms with van der Waals surface area (Å²) in [7, 11) is 1.58. The number of nitrogens with zero attached hydrogens (tertiary/aromatic N) is 2. The molecule has 5 nitrogen and oxygen atoms in total. The molecule has 1 amide bonds. The second kappa shape index (κ2) is 6.07. The predicted octanol–water partition coefficient (Wildman–Crippen LogP) is 3.66. The number of pyridine rings is 1. The number of halogens is 2. The van der Waals surface area contributed by atoms with Crippen molar-refractivity contribution in [2.75, 3.05) is 7.05 Å². The molecule has 1 saturated heterocycles. The van der Waals surface area contributed by atoms with Crippen LogP contribution < -0.4 is 5.32 Å². The summed E-state index contributed by atoms with van der Waals surface area (Å²) in [5.41, 5.74) is 1.83. The van der Waals surface area contributed by atoms with Crippen LogP contribution in [0.15, 0.2) is 36.7 Å². The molecule has 2 heterocycles. The van der Waals surface area contributed by atoms with Crippen molar-refractivity contribution in [1.29, 1.82) is 5.41 Å². The molecule has 1 atom stereocenters. The van der Waals surface area contributed by atoms with Gasteiger partial charge < -0.3 is 5.32 Å². The summed E-state index contributed by atoms with van der Waals surface area (Å²) < 4.78 is 0. The molecule has 124 valence electrons. The Morgan fingerprint density at radius 1 is 1.17 bits per heavy atom. The second-order valence-electron chi connectivity index (χ2n) is 6.06. The minimum Gasteiger partial charge on any atom is -0.346 e. The highest BCUT2D eigenvalue weighted by atomic mass is 35.5. The van der Waals surface area contributed by atoms with E-state index in [4.69, 9.17) is 28.6 Å². The van der Waals surface area contributed by atoms with Gasteiger partial charge in [-0.15, -0.1) is 0 Å². The highest BCUT2D eigenvalue weighted by molar-refractivity contribution is 6.35. The Kier molecular flexibility index (Phi) is 4.24. The van der Waals surface area contributed by atoms with Gasteiger partial charge in [-0.25, -0.2) is 0 Å². The summed E-state index contributed by atoms with van der Waals surface area (Å²) >= 11 is 12.1. The molecule has 0 spiro atoms. The molecule has 2 N–H and O–H groups in total. The summed E-state index contributed by atoms with van der Waals surface area (Å²) in [6.45, 7) is 1.89. The first-order chi connectivity index (χ1) is 11.3. The van der Waals surface area contributed by atoms with Crippen LogP contribution in [0.4, 0.5) is 0 Å². The number of carbonyl (C=O) groups excluding carboxylic acids is 1. The lowest BCUT2D eigenvalue weighted by Crippen LogP contribution is -2.58. The van der Waals surface area contributed by atoms with Gasteiger partial charge in [-0.3, -0.25) is 20.1 Å². The van der Waals surface area contributed by atoms with Crippen LogP contribution in [-0.2, 0) is 10.3 Å². The normalized spacial score (nSPS) is 20.9. The van der Waals surface area contributed by atoms with Crippen molar-refractivity contribution >= 4 is 35.1 Å². The Hall–Kier alpha value is -2.11. The van der Waals surface area contributed by atoms with E-state index in [0.29, 0.717) is 10.0 Å². The fraction of sp³-hybridized carbons (Fsp3) is 0.235. The zero-order valence-electron chi connectivity index (χ0n) is 13.2. The number of aromatic nitrogens is 1. The minimum absolute atomic E-state index is 0.0740. The van der Waals surface area contributed by atoms with Crippen molar-refractivity contribution in [3.63, 3.8) is 0 Å². The van der Waals surface area contributed by atoms with Crippen LogP contribution in [0.1, 0.15) is 18.9 Å². The molecule has 1 aromatic carbocycles. The maximum absolute atomic E-state index is 12.1. The van der Waals surface area contributed by atoms with E-state index in [1.165, 1.54) is 4.90 Å². The first-order valence-electron chi connectivity index (χ1n) is 7.34. The maximum atomic E-state index is 12.1. The van der Waals surface area contributed by atoms with Gasteiger partial charge in [-0.05, 0) is 42.3 Å². The highest BCUT2D eigenvalue weighted by Crippen LogP contribution is 2.32. The van der Waals surface area contributed by atoms with Gasteiger partial charge in [0, 0.05) is 35.1 Å². The van der Waals surface area contributed by atoms with E-state index in [9.17, 15) is 4.79 Å². The standard InChI is InChI=1S/C17H16Cl2N4O/c1-17(7-15(24)23(2)16(20)22-17)12-3-11(8-21-9-12)10-4-13(18)6-14(19)5-10/h3-6,8-9H,7H2,1-2H3,(H2,20,22)/t17-/m0/s1. The minimum atomic E-state index is -0.688. The number of guanidine groups is 1. The molecule has 0 aliphatic carbocycles. The quantitative estimate of drug-likeness (QED) is 0.856. The van der Waals surface area contributed by atoms with Gasteiger partial charge in [0.05, 0.1) is 12.0 Å². The zero-order valence-corrected chi connectivity index (χ0v) is 14.7. The molecule has 1 fully saturated rings. The third-order valence-electron chi connectivity index (χ3n) is 4.18. The fourth-order valence-electron chi connectivity index (χ4n) is 2.73. The Labute approximate surface area is 150 Å². The van der Waals surface area contributed by atoms with Gasteiger partial charge in [0.2, 0.25) is 5.91 Å². The average molecular weight is 363 g/mol. The molecular formula is C17H16Cl2N4O. The topological polar surface area (TPSA) is 69.1 Å². The zero-order chi connectivity index (χ0) is 17.5. The van der Waals surface area contributed by atoms with Crippen LogP contribution in [0.25, 0.3) is 11.1 Å². The monoisotopic (exact) mass is 362 g/mol. The first-order valence-corrected chi connectivity index (χ1v) is 8.09. The lowest BCUT2D eigenvalue weighted by molar-refractivity contribution is -0.129. The molecule has 7 heteroatoms. The summed E-state index contributed by atoms with van der Waals surface area (Å²) in [5.74, 6) is -0.0394. The van der Waals surface area contributed by atoms with E-state index in [1.807, 2.05) is 25.1 Å². The Bertz CT molecular complexity index is 799. The van der Waals surface area contributed by atoms with Crippen molar-refractivity contribution in [2.45, 2.75) is 18.9 Å². The van der Waals surface area contributed by atoms with Crippen LogP contribution >= 0.6 is 23.2 Å². The Morgan fingerprint density at radius 2 is 1.83 bits per heavy atom. The Balaban J connectivity index is 2.01. The summed E-state index contributed by atoms with van der Waals surface area (Å²) in [6.07, 6.45) is 3.67. The van der Waals surface area contributed by atoms with E-state index in [-0.39, 0.29) is 18.3 Å². The number of nitrogens with one attached hydrogen (secondary N) is 2. The first kappa shape index (κ1) is 16.7. The number of rotatable bonds is 2. The average Bonchev–Trinajstić information content (AvgIpc) is 2.52. The van der Waals surface area contributed by atoms with E-state index >= 15 is 0 Å². The van der Waals surface area contributed by atoms with Crippen LogP contribution in [-0.4, -0.2) is 28.8 Å². The van der Waals surface area contributed by atoms with Gasteiger partial charge >= 0.3 is 0 Å². The number of hydrogen-bond acceptors (Lipinski definition) is 3. The third-order valence-corrected chi connectivity index (χ3v) is 4.62. The maximum Gasteiger partial charge on any atom is 0.231 e. The van der Waals surface area contributed by atoms with Gasteiger partial charge in [0.25, 0.3) is 0 Å². The number of benzene rings is 1. The fourth-order valence-corrected chi connectivity index (χ4v) is 3.26. The van der Waals surface area contributed by atoms with E-state index in [2.05, 4.69) is 10.3 Å². The molecule has 24 heavy (non-hydrogen) atoms. The number of carbonyl (C=O) groups is 1. The van der Waals surface area contributed by atoms with Crippen molar-refractivity contribution in [2.24, 2.45) is 0 Å². The van der Waals surface area contributed by atoms with Gasteiger partial charge in [0.15, 0.2) is 5.96 Å². The molecule has 0 unspecified atom stereocenters. The van der Waals surface area contributed by atoms with Crippen LogP contribution in [0.2, 0.25) is 10.0 Å². The predicted molar refractivity (Wildman–Crippen MR) is 95.3 cm³/mol. The molecule has 0 saturated carbocycles. The summed E-state index contributed by atoms with van der Waals surface area (Å²) in [5, 5.41) is 12.1. The molecule has 1 aliphatic heterocycles. The molecule has 2 aromatic rings.